The van der Waals surface area contributed by atoms with E-state index in [1.54, 1.807) is 0 Å². The summed E-state index contributed by atoms with van der Waals surface area (Å²) < 4.78 is 5.42. The number of aryl methyl sites for hydroxylation is 1. The smallest absolute Gasteiger partial charge is 0.0933 e. The summed E-state index contributed by atoms with van der Waals surface area (Å²) >= 11 is 0. The van der Waals surface area contributed by atoms with Gasteiger partial charge in [0.15, 0.2) is 0 Å². The third kappa shape index (κ3) is 2.78. The van der Waals surface area contributed by atoms with E-state index < -0.39 is 0 Å². The van der Waals surface area contributed by atoms with Gasteiger partial charge in [0.2, 0.25) is 0 Å². The Labute approximate surface area is 95.9 Å². The van der Waals surface area contributed by atoms with Crippen LogP contribution in [0.15, 0.2) is 18.5 Å². The molecule has 0 bridgehead atoms. The number of morpholine rings is 1. The predicted octanol–water partition coefficient (Wildman–Crippen LogP) is 0.583. The van der Waals surface area contributed by atoms with Crippen molar-refractivity contribution in [2.45, 2.75) is 19.6 Å². The van der Waals surface area contributed by atoms with E-state index in [0.717, 1.165) is 19.6 Å². The molecule has 0 amide bonds. The van der Waals surface area contributed by atoms with E-state index in [0.29, 0.717) is 6.61 Å². The SMILES string of the molecule is Cc1ccncc1CN1CCO[C@H](CO)C1. The second-order valence-electron chi connectivity index (χ2n) is 4.21. The quantitative estimate of drug-likeness (QED) is 0.812. The molecule has 2 heterocycles. The molecule has 16 heavy (non-hydrogen) atoms. The zero-order valence-electron chi connectivity index (χ0n) is 9.59. The number of ether oxygens (including phenoxy) is 1. The number of rotatable bonds is 3. The van der Waals surface area contributed by atoms with Crippen LogP contribution in [0.2, 0.25) is 0 Å². The summed E-state index contributed by atoms with van der Waals surface area (Å²) in [5.41, 5.74) is 2.52. The predicted molar refractivity (Wildman–Crippen MR) is 61.1 cm³/mol. The van der Waals surface area contributed by atoms with Crippen LogP contribution in [-0.4, -0.2) is 47.4 Å². The molecule has 0 aliphatic carbocycles. The van der Waals surface area contributed by atoms with Crippen molar-refractivity contribution in [1.82, 2.24) is 9.88 Å². The number of pyridine rings is 1. The fourth-order valence-electron chi connectivity index (χ4n) is 1.94. The van der Waals surface area contributed by atoms with Gasteiger partial charge in [-0.3, -0.25) is 9.88 Å². The molecule has 1 fully saturated rings. The van der Waals surface area contributed by atoms with Crippen molar-refractivity contribution in [3.05, 3.63) is 29.6 Å². The maximum absolute atomic E-state index is 9.07. The minimum atomic E-state index is -0.0364. The van der Waals surface area contributed by atoms with Crippen LogP contribution in [0, 0.1) is 6.92 Å². The average Bonchev–Trinajstić information content (AvgIpc) is 2.32. The molecule has 88 valence electrons. The van der Waals surface area contributed by atoms with Gasteiger partial charge in [0.05, 0.1) is 19.3 Å². The number of hydrogen-bond acceptors (Lipinski definition) is 4. The van der Waals surface area contributed by atoms with Gasteiger partial charge >= 0.3 is 0 Å². The molecule has 1 aliphatic rings. The Morgan fingerprint density at radius 3 is 3.25 bits per heavy atom. The van der Waals surface area contributed by atoms with Gasteiger partial charge in [-0.25, -0.2) is 0 Å². The fourth-order valence-corrected chi connectivity index (χ4v) is 1.94. The summed E-state index contributed by atoms with van der Waals surface area (Å²) in [6.45, 7) is 5.50. The van der Waals surface area contributed by atoms with Gasteiger partial charge in [-0.15, -0.1) is 0 Å². The first-order chi connectivity index (χ1) is 7.79. The normalized spacial score (nSPS) is 22.2. The molecule has 4 nitrogen and oxygen atoms in total. The highest BCUT2D eigenvalue weighted by Gasteiger charge is 2.19. The zero-order chi connectivity index (χ0) is 11.4. The van der Waals surface area contributed by atoms with Crippen molar-refractivity contribution < 1.29 is 9.84 Å². The molecular formula is C12H18N2O2. The molecule has 1 atom stereocenters. The first kappa shape index (κ1) is 11.5. The Kier molecular flexibility index (Phi) is 3.88. The monoisotopic (exact) mass is 222 g/mol. The lowest BCUT2D eigenvalue weighted by Crippen LogP contribution is -2.43. The molecule has 0 aromatic carbocycles. The third-order valence-electron chi connectivity index (χ3n) is 2.97. The largest absolute Gasteiger partial charge is 0.394 e. The number of aromatic nitrogens is 1. The molecule has 0 unspecified atom stereocenters. The van der Waals surface area contributed by atoms with Crippen LogP contribution in [0.4, 0.5) is 0 Å². The maximum Gasteiger partial charge on any atom is 0.0933 e. The Balaban J connectivity index is 1.97. The lowest BCUT2D eigenvalue weighted by Gasteiger charge is -2.32. The second kappa shape index (κ2) is 5.39. The van der Waals surface area contributed by atoms with Gasteiger partial charge in [-0.2, -0.15) is 0 Å². The second-order valence-corrected chi connectivity index (χ2v) is 4.21. The van der Waals surface area contributed by atoms with E-state index in [1.807, 2.05) is 18.5 Å². The Morgan fingerprint density at radius 2 is 2.50 bits per heavy atom. The molecular weight excluding hydrogens is 204 g/mol. The van der Waals surface area contributed by atoms with E-state index in [-0.39, 0.29) is 12.7 Å². The van der Waals surface area contributed by atoms with Crippen LogP contribution in [0.3, 0.4) is 0 Å². The lowest BCUT2D eigenvalue weighted by molar-refractivity contribution is -0.0551. The van der Waals surface area contributed by atoms with Crippen LogP contribution < -0.4 is 0 Å². The van der Waals surface area contributed by atoms with Crippen molar-refractivity contribution in [1.29, 1.82) is 0 Å². The van der Waals surface area contributed by atoms with E-state index in [4.69, 9.17) is 9.84 Å². The van der Waals surface area contributed by atoms with Crippen molar-refractivity contribution in [3.63, 3.8) is 0 Å². The Hall–Kier alpha value is -0.970. The summed E-state index contributed by atoms with van der Waals surface area (Å²) in [6.07, 6.45) is 3.69. The summed E-state index contributed by atoms with van der Waals surface area (Å²) in [6, 6.07) is 2.03. The van der Waals surface area contributed by atoms with E-state index >= 15 is 0 Å². The Bertz CT molecular complexity index is 344. The Morgan fingerprint density at radius 1 is 1.62 bits per heavy atom. The summed E-state index contributed by atoms with van der Waals surface area (Å²) in [7, 11) is 0. The molecule has 0 radical (unpaired) electrons. The third-order valence-corrected chi connectivity index (χ3v) is 2.97. The number of nitrogens with zero attached hydrogens (tertiary/aromatic N) is 2. The van der Waals surface area contributed by atoms with Crippen molar-refractivity contribution in [2.24, 2.45) is 0 Å². The minimum absolute atomic E-state index is 0.0364. The van der Waals surface area contributed by atoms with Gasteiger partial charge < -0.3 is 9.84 Å². The first-order valence-corrected chi connectivity index (χ1v) is 5.64. The van der Waals surface area contributed by atoms with Gasteiger partial charge in [-0.05, 0) is 24.1 Å². The van der Waals surface area contributed by atoms with Crippen LogP contribution >= 0.6 is 0 Å². The standard InChI is InChI=1S/C12H18N2O2/c1-10-2-3-13-6-11(10)7-14-4-5-16-12(8-14)9-15/h2-3,6,12,15H,4-5,7-9H2,1H3/t12-/m0/s1. The molecule has 1 aromatic rings. The van der Waals surface area contributed by atoms with Crippen LogP contribution in [0.5, 0.6) is 0 Å². The molecule has 0 spiro atoms. The maximum atomic E-state index is 9.07. The van der Waals surface area contributed by atoms with Gasteiger partial charge in [-0.1, -0.05) is 0 Å². The highest BCUT2D eigenvalue weighted by Crippen LogP contribution is 2.12. The molecule has 4 heteroatoms. The minimum Gasteiger partial charge on any atom is -0.394 e. The highest BCUT2D eigenvalue weighted by molar-refractivity contribution is 5.21. The summed E-state index contributed by atoms with van der Waals surface area (Å²) in [5.74, 6) is 0. The topological polar surface area (TPSA) is 45.6 Å². The molecule has 1 N–H and O–H groups in total. The number of hydrogen-bond donors (Lipinski definition) is 1. The lowest BCUT2D eigenvalue weighted by atomic mass is 10.1. The van der Waals surface area contributed by atoms with E-state index in [1.165, 1.54) is 11.1 Å². The average molecular weight is 222 g/mol. The summed E-state index contributed by atoms with van der Waals surface area (Å²) in [4.78, 5) is 6.44. The zero-order valence-corrected chi connectivity index (χ0v) is 9.59. The van der Waals surface area contributed by atoms with E-state index in [2.05, 4.69) is 16.8 Å². The van der Waals surface area contributed by atoms with Crippen LogP contribution in [0.1, 0.15) is 11.1 Å². The van der Waals surface area contributed by atoms with Crippen molar-refractivity contribution in [3.8, 4) is 0 Å². The molecule has 1 aliphatic heterocycles. The molecule has 0 saturated carbocycles. The van der Waals surface area contributed by atoms with Gasteiger partial charge in [0.25, 0.3) is 0 Å². The van der Waals surface area contributed by atoms with Crippen LogP contribution in [-0.2, 0) is 11.3 Å². The number of aliphatic hydroxyl groups excluding tert-OH is 1. The molecule has 1 saturated heterocycles. The first-order valence-electron chi connectivity index (χ1n) is 5.64. The number of aliphatic hydroxyl groups is 1. The van der Waals surface area contributed by atoms with Gasteiger partial charge in [0, 0.05) is 32.0 Å². The van der Waals surface area contributed by atoms with Crippen LogP contribution in [0.25, 0.3) is 0 Å². The van der Waals surface area contributed by atoms with Crippen molar-refractivity contribution in [2.75, 3.05) is 26.3 Å². The molecule has 2 rings (SSSR count). The van der Waals surface area contributed by atoms with Crippen molar-refractivity contribution >= 4 is 0 Å². The fraction of sp³-hybridized carbons (Fsp3) is 0.583. The molecule has 1 aromatic heterocycles. The summed E-state index contributed by atoms with van der Waals surface area (Å²) in [5, 5.41) is 9.07. The van der Waals surface area contributed by atoms with E-state index in [9.17, 15) is 0 Å². The highest BCUT2D eigenvalue weighted by atomic mass is 16.5. The van der Waals surface area contributed by atoms with Gasteiger partial charge in [0.1, 0.15) is 0 Å².